The summed E-state index contributed by atoms with van der Waals surface area (Å²) in [7, 11) is 0. The first-order chi connectivity index (χ1) is 8.83. The summed E-state index contributed by atoms with van der Waals surface area (Å²) in [4.78, 5) is 8.08. The highest BCUT2D eigenvalue weighted by Crippen LogP contribution is 2.26. The van der Waals surface area contributed by atoms with Gasteiger partial charge in [0.1, 0.15) is 5.15 Å². The molecule has 0 bridgehead atoms. The average molecular weight is 256 g/mol. The van der Waals surface area contributed by atoms with Crippen LogP contribution in [0, 0.1) is 0 Å². The van der Waals surface area contributed by atoms with Gasteiger partial charge in [0.2, 0.25) is 0 Å². The first-order valence-corrected chi connectivity index (χ1v) is 5.92. The summed E-state index contributed by atoms with van der Waals surface area (Å²) < 4.78 is 0. The van der Waals surface area contributed by atoms with E-state index in [9.17, 15) is 0 Å². The molecule has 0 unspecified atom stereocenters. The van der Waals surface area contributed by atoms with E-state index < -0.39 is 0 Å². The Morgan fingerprint density at radius 1 is 1.06 bits per heavy atom. The minimum atomic E-state index is 0.474. The van der Waals surface area contributed by atoms with Crippen LogP contribution in [-0.4, -0.2) is 9.97 Å². The number of anilines is 2. The van der Waals surface area contributed by atoms with E-state index >= 15 is 0 Å². The molecule has 0 fully saturated rings. The zero-order valence-electron chi connectivity index (χ0n) is 9.47. The van der Waals surface area contributed by atoms with Gasteiger partial charge in [0.25, 0.3) is 0 Å². The molecule has 0 radical (unpaired) electrons. The molecule has 0 amide bonds. The summed E-state index contributed by atoms with van der Waals surface area (Å²) in [6.07, 6.45) is 5.31. The molecule has 0 spiro atoms. The second kappa shape index (κ2) is 4.63. The minimum Gasteiger partial charge on any atom is -0.355 e. The molecule has 18 heavy (non-hydrogen) atoms. The quantitative estimate of drug-likeness (QED) is 0.703. The minimum absolute atomic E-state index is 0.474. The molecule has 0 saturated carbocycles. The van der Waals surface area contributed by atoms with Crippen molar-refractivity contribution in [2.75, 3.05) is 5.32 Å². The van der Waals surface area contributed by atoms with Crippen LogP contribution in [0.25, 0.3) is 10.8 Å². The SMILES string of the molecule is Clc1cc(Nc2cccc3cnccc23)ccn1. The van der Waals surface area contributed by atoms with Gasteiger partial charge in [0.05, 0.1) is 0 Å². The monoisotopic (exact) mass is 255 g/mol. The second-order valence-electron chi connectivity index (χ2n) is 3.89. The lowest BCUT2D eigenvalue weighted by atomic mass is 10.1. The van der Waals surface area contributed by atoms with Gasteiger partial charge in [-0.25, -0.2) is 4.98 Å². The zero-order valence-corrected chi connectivity index (χ0v) is 10.2. The molecule has 0 atom stereocenters. The van der Waals surface area contributed by atoms with Crippen LogP contribution in [-0.2, 0) is 0 Å². The Bertz CT molecular complexity index is 692. The van der Waals surface area contributed by atoms with Crippen molar-refractivity contribution in [3.63, 3.8) is 0 Å². The Balaban J connectivity index is 2.05. The number of benzene rings is 1. The number of pyridine rings is 2. The molecule has 3 rings (SSSR count). The maximum Gasteiger partial charge on any atom is 0.131 e. The van der Waals surface area contributed by atoms with Crippen molar-refractivity contribution in [1.82, 2.24) is 9.97 Å². The van der Waals surface area contributed by atoms with Crippen LogP contribution in [0.15, 0.2) is 55.0 Å². The van der Waals surface area contributed by atoms with Crippen molar-refractivity contribution < 1.29 is 0 Å². The largest absolute Gasteiger partial charge is 0.355 e. The van der Waals surface area contributed by atoms with E-state index in [1.807, 2.05) is 36.5 Å². The average Bonchev–Trinajstić information content (AvgIpc) is 2.39. The van der Waals surface area contributed by atoms with Crippen LogP contribution in [0.2, 0.25) is 5.15 Å². The molecule has 88 valence electrons. The number of nitrogens with zero attached hydrogens (tertiary/aromatic N) is 2. The molecule has 0 aliphatic heterocycles. The van der Waals surface area contributed by atoms with E-state index in [4.69, 9.17) is 11.6 Å². The van der Waals surface area contributed by atoms with Crippen molar-refractivity contribution in [3.8, 4) is 0 Å². The number of nitrogens with one attached hydrogen (secondary N) is 1. The van der Waals surface area contributed by atoms with Crippen LogP contribution >= 0.6 is 11.6 Å². The third kappa shape index (κ3) is 2.13. The molecule has 1 N–H and O–H groups in total. The Hall–Kier alpha value is -2.13. The summed E-state index contributed by atoms with van der Waals surface area (Å²) in [6.45, 7) is 0. The Kier molecular flexibility index (Phi) is 2.82. The Labute approximate surface area is 109 Å². The highest BCUT2D eigenvalue weighted by Gasteiger charge is 2.01. The van der Waals surface area contributed by atoms with Crippen LogP contribution in [0.5, 0.6) is 0 Å². The number of hydrogen-bond acceptors (Lipinski definition) is 3. The Morgan fingerprint density at radius 2 is 2.00 bits per heavy atom. The molecule has 3 nitrogen and oxygen atoms in total. The smallest absolute Gasteiger partial charge is 0.131 e. The van der Waals surface area contributed by atoms with Crippen molar-refractivity contribution in [2.24, 2.45) is 0 Å². The number of halogens is 1. The molecule has 3 aromatic rings. The van der Waals surface area contributed by atoms with Crippen molar-refractivity contribution >= 4 is 33.7 Å². The zero-order chi connectivity index (χ0) is 12.4. The highest BCUT2D eigenvalue weighted by atomic mass is 35.5. The normalized spacial score (nSPS) is 10.5. The van der Waals surface area contributed by atoms with E-state index in [-0.39, 0.29) is 0 Å². The van der Waals surface area contributed by atoms with E-state index in [1.165, 1.54) is 0 Å². The predicted octanol–water partition coefficient (Wildman–Crippen LogP) is 4.03. The first-order valence-electron chi connectivity index (χ1n) is 5.54. The van der Waals surface area contributed by atoms with E-state index in [0.29, 0.717) is 5.15 Å². The first kappa shape index (κ1) is 11.0. The lowest BCUT2D eigenvalue weighted by Crippen LogP contribution is -1.92. The summed E-state index contributed by atoms with van der Waals surface area (Å²) in [5, 5.41) is 6.03. The van der Waals surface area contributed by atoms with Crippen molar-refractivity contribution in [1.29, 1.82) is 0 Å². The lowest BCUT2D eigenvalue weighted by molar-refractivity contribution is 1.32. The Morgan fingerprint density at radius 3 is 2.89 bits per heavy atom. The molecule has 2 heterocycles. The van der Waals surface area contributed by atoms with Crippen molar-refractivity contribution in [3.05, 3.63) is 60.1 Å². The summed E-state index contributed by atoms with van der Waals surface area (Å²) >= 11 is 5.87. The van der Waals surface area contributed by atoms with Crippen LogP contribution < -0.4 is 5.32 Å². The number of hydrogen-bond donors (Lipinski definition) is 1. The molecule has 0 aliphatic carbocycles. The van der Waals surface area contributed by atoms with E-state index in [1.54, 1.807) is 18.5 Å². The molecule has 1 aromatic carbocycles. The van der Waals surface area contributed by atoms with Crippen LogP contribution in [0.1, 0.15) is 0 Å². The van der Waals surface area contributed by atoms with Gasteiger partial charge in [-0.05, 0) is 24.3 Å². The van der Waals surface area contributed by atoms with Gasteiger partial charge in [-0.3, -0.25) is 4.98 Å². The predicted molar refractivity (Wildman–Crippen MR) is 74.3 cm³/mol. The van der Waals surface area contributed by atoms with Gasteiger partial charge in [0.15, 0.2) is 0 Å². The number of fused-ring (bicyclic) bond motifs is 1. The maximum absolute atomic E-state index is 5.87. The molecule has 2 aromatic heterocycles. The van der Waals surface area contributed by atoms with Gasteiger partial charge in [-0.2, -0.15) is 0 Å². The third-order valence-corrected chi connectivity index (χ3v) is 2.89. The fourth-order valence-corrected chi connectivity index (χ4v) is 2.04. The summed E-state index contributed by atoms with van der Waals surface area (Å²) in [5.74, 6) is 0. The number of rotatable bonds is 2. The second-order valence-corrected chi connectivity index (χ2v) is 4.28. The molecule has 0 saturated heterocycles. The third-order valence-electron chi connectivity index (χ3n) is 2.69. The number of aromatic nitrogens is 2. The fourth-order valence-electron chi connectivity index (χ4n) is 1.87. The van der Waals surface area contributed by atoms with Crippen LogP contribution in [0.4, 0.5) is 11.4 Å². The molecule has 0 aliphatic rings. The summed E-state index contributed by atoms with van der Waals surface area (Å²) in [5.41, 5.74) is 1.94. The lowest BCUT2D eigenvalue weighted by Gasteiger charge is -2.09. The van der Waals surface area contributed by atoms with Gasteiger partial charge in [-0.1, -0.05) is 23.7 Å². The van der Waals surface area contributed by atoms with Gasteiger partial charge in [0, 0.05) is 40.7 Å². The van der Waals surface area contributed by atoms with Crippen LogP contribution in [0.3, 0.4) is 0 Å². The van der Waals surface area contributed by atoms with Gasteiger partial charge >= 0.3 is 0 Å². The standard InChI is InChI=1S/C14H10ClN3/c15-14-8-11(4-7-17-14)18-13-3-1-2-10-9-16-6-5-12(10)13/h1-9H,(H,17,18). The van der Waals surface area contributed by atoms with Crippen molar-refractivity contribution in [2.45, 2.75) is 0 Å². The van der Waals surface area contributed by atoms with E-state index in [0.717, 1.165) is 22.1 Å². The van der Waals surface area contributed by atoms with Gasteiger partial charge < -0.3 is 5.32 Å². The molecule has 4 heteroatoms. The van der Waals surface area contributed by atoms with E-state index in [2.05, 4.69) is 15.3 Å². The fraction of sp³-hybridized carbons (Fsp3) is 0. The highest BCUT2D eigenvalue weighted by molar-refractivity contribution is 6.29. The molecular formula is C14H10ClN3. The van der Waals surface area contributed by atoms with Gasteiger partial charge in [-0.15, -0.1) is 0 Å². The topological polar surface area (TPSA) is 37.8 Å². The summed E-state index contributed by atoms with van der Waals surface area (Å²) in [6, 6.07) is 11.7. The maximum atomic E-state index is 5.87. The molecular weight excluding hydrogens is 246 g/mol.